The highest BCUT2D eigenvalue weighted by Gasteiger charge is 2.46. The van der Waals surface area contributed by atoms with Crippen LogP contribution in [-0.4, -0.2) is 42.5 Å². The molecular formula is C24H27NO5. The van der Waals surface area contributed by atoms with Gasteiger partial charge in [-0.1, -0.05) is 25.1 Å². The van der Waals surface area contributed by atoms with Crippen LogP contribution in [0.3, 0.4) is 0 Å². The lowest BCUT2D eigenvalue weighted by Crippen LogP contribution is -2.30. The number of benzene rings is 2. The van der Waals surface area contributed by atoms with Crippen LogP contribution in [0.25, 0.3) is 5.76 Å². The summed E-state index contributed by atoms with van der Waals surface area (Å²) < 4.78 is 10.8. The fourth-order valence-corrected chi connectivity index (χ4v) is 4.06. The second-order valence-corrected chi connectivity index (χ2v) is 7.43. The van der Waals surface area contributed by atoms with Crippen molar-refractivity contribution in [1.29, 1.82) is 0 Å². The molecule has 1 aliphatic heterocycles. The molecule has 0 radical (unpaired) electrons. The van der Waals surface area contributed by atoms with E-state index in [1.165, 1.54) is 12.0 Å². The van der Waals surface area contributed by atoms with E-state index in [4.69, 9.17) is 9.47 Å². The first-order chi connectivity index (χ1) is 14.3. The molecule has 0 bridgehead atoms. The van der Waals surface area contributed by atoms with Crippen LogP contribution in [-0.2, 0) is 9.59 Å². The Morgan fingerprint density at radius 1 is 1.10 bits per heavy atom. The molecule has 1 amide bonds. The van der Waals surface area contributed by atoms with Gasteiger partial charge in [-0.05, 0) is 55.2 Å². The van der Waals surface area contributed by atoms with Crippen LogP contribution in [0.1, 0.15) is 41.6 Å². The van der Waals surface area contributed by atoms with Crippen molar-refractivity contribution in [2.75, 3.05) is 20.8 Å². The van der Waals surface area contributed by atoms with Gasteiger partial charge in [-0.15, -0.1) is 0 Å². The second kappa shape index (κ2) is 8.61. The van der Waals surface area contributed by atoms with Crippen LogP contribution in [0.4, 0.5) is 0 Å². The summed E-state index contributed by atoms with van der Waals surface area (Å²) in [4.78, 5) is 27.4. The topological polar surface area (TPSA) is 76.1 Å². The van der Waals surface area contributed by atoms with Gasteiger partial charge in [0, 0.05) is 6.54 Å². The van der Waals surface area contributed by atoms with Gasteiger partial charge in [-0.3, -0.25) is 9.59 Å². The molecule has 1 saturated heterocycles. The van der Waals surface area contributed by atoms with Gasteiger partial charge >= 0.3 is 0 Å². The summed E-state index contributed by atoms with van der Waals surface area (Å²) in [5, 5.41) is 11.3. The first-order valence-corrected chi connectivity index (χ1v) is 9.92. The molecule has 0 spiro atoms. The molecule has 30 heavy (non-hydrogen) atoms. The van der Waals surface area contributed by atoms with E-state index in [-0.39, 0.29) is 11.3 Å². The summed E-state index contributed by atoms with van der Waals surface area (Å²) >= 11 is 0. The molecular weight excluding hydrogens is 382 g/mol. The van der Waals surface area contributed by atoms with Crippen LogP contribution in [0.5, 0.6) is 11.5 Å². The number of amides is 1. The number of aliphatic hydroxyl groups is 1. The van der Waals surface area contributed by atoms with Gasteiger partial charge in [-0.25, -0.2) is 0 Å². The molecule has 0 saturated carbocycles. The van der Waals surface area contributed by atoms with Crippen molar-refractivity contribution in [3.8, 4) is 11.5 Å². The highest BCUT2D eigenvalue weighted by Crippen LogP contribution is 2.42. The monoisotopic (exact) mass is 409 g/mol. The Hall–Kier alpha value is -3.28. The van der Waals surface area contributed by atoms with Crippen LogP contribution in [0, 0.1) is 13.8 Å². The first-order valence-electron chi connectivity index (χ1n) is 9.92. The van der Waals surface area contributed by atoms with E-state index in [1.807, 2.05) is 32.9 Å². The maximum absolute atomic E-state index is 13.0. The van der Waals surface area contributed by atoms with Crippen LogP contribution in [0.15, 0.2) is 42.0 Å². The molecule has 0 aromatic heterocycles. The lowest BCUT2D eigenvalue weighted by molar-refractivity contribution is -0.139. The van der Waals surface area contributed by atoms with Crippen molar-refractivity contribution < 1.29 is 24.2 Å². The molecule has 6 heteroatoms. The minimum Gasteiger partial charge on any atom is -0.507 e. The number of methoxy groups -OCH3 is 2. The minimum atomic E-state index is -0.703. The number of carbonyl (C=O) groups excluding carboxylic acids is 2. The molecule has 3 rings (SSSR count). The number of likely N-dealkylation sites (tertiary alicyclic amines) is 1. The number of aryl methyl sites for hydroxylation is 2. The predicted octanol–water partition coefficient (Wildman–Crippen LogP) is 4.15. The van der Waals surface area contributed by atoms with Gasteiger partial charge in [0.1, 0.15) is 17.3 Å². The molecule has 1 fully saturated rings. The Bertz CT molecular complexity index is 1020. The fourth-order valence-electron chi connectivity index (χ4n) is 4.06. The fraction of sp³-hybridized carbons (Fsp3) is 0.333. The van der Waals surface area contributed by atoms with Gasteiger partial charge in [0.25, 0.3) is 11.7 Å². The van der Waals surface area contributed by atoms with Gasteiger partial charge in [0.15, 0.2) is 0 Å². The Morgan fingerprint density at radius 3 is 2.47 bits per heavy atom. The third-order valence-corrected chi connectivity index (χ3v) is 5.29. The molecule has 6 nitrogen and oxygen atoms in total. The molecule has 1 atom stereocenters. The summed E-state index contributed by atoms with van der Waals surface area (Å²) in [5.41, 5.74) is 2.91. The van der Waals surface area contributed by atoms with E-state index in [9.17, 15) is 14.7 Å². The average Bonchev–Trinajstić information content (AvgIpc) is 2.98. The van der Waals surface area contributed by atoms with Gasteiger partial charge in [0.05, 0.1) is 31.4 Å². The summed E-state index contributed by atoms with van der Waals surface area (Å²) in [5.74, 6) is -0.462. The van der Waals surface area contributed by atoms with Crippen LogP contribution < -0.4 is 9.47 Å². The number of ketones is 1. The first kappa shape index (κ1) is 21.4. The maximum Gasteiger partial charge on any atom is 0.295 e. The number of hydrogen-bond donors (Lipinski definition) is 1. The number of ether oxygens (including phenoxy) is 2. The molecule has 1 aliphatic rings. The highest BCUT2D eigenvalue weighted by molar-refractivity contribution is 6.46. The van der Waals surface area contributed by atoms with Crippen molar-refractivity contribution in [1.82, 2.24) is 4.90 Å². The molecule has 1 heterocycles. The third kappa shape index (κ3) is 3.65. The highest BCUT2D eigenvalue weighted by atomic mass is 16.5. The normalized spacial score (nSPS) is 18.0. The van der Waals surface area contributed by atoms with E-state index >= 15 is 0 Å². The number of nitrogens with zero attached hydrogens (tertiary/aromatic N) is 1. The van der Waals surface area contributed by atoms with Crippen molar-refractivity contribution >= 4 is 17.4 Å². The van der Waals surface area contributed by atoms with E-state index in [2.05, 4.69) is 0 Å². The van der Waals surface area contributed by atoms with Crippen molar-refractivity contribution in [2.24, 2.45) is 0 Å². The Balaban J connectivity index is 2.29. The van der Waals surface area contributed by atoms with E-state index in [0.29, 0.717) is 35.6 Å². The Morgan fingerprint density at radius 2 is 1.83 bits per heavy atom. The minimum absolute atomic E-state index is 0.0602. The Labute approximate surface area is 176 Å². The lowest BCUT2D eigenvalue weighted by Gasteiger charge is -2.25. The summed E-state index contributed by atoms with van der Waals surface area (Å²) in [6.07, 6.45) is 0.681. The number of aliphatic hydroxyl groups excluding tert-OH is 1. The largest absolute Gasteiger partial charge is 0.507 e. The number of carbonyl (C=O) groups is 2. The van der Waals surface area contributed by atoms with E-state index in [1.54, 1.807) is 31.4 Å². The van der Waals surface area contributed by atoms with Gasteiger partial charge in [0.2, 0.25) is 0 Å². The smallest absolute Gasteiger partial charge is 0.295 e. The zero-order valence-corrected chi connectivity index (χ0v) is 18.0. The number of Topliss-reactive ketones (excluding diaryl/α,β-unsaturated/α-hetero) is 1. The Kier molecular flexibility index (Phi) is 6.15. The molecule has 0 aliphatic carbocycles. The quantitative estimate of drug-likeness (QED) is 0.441. The molecule has 1 unspecified atom stereocenters. The van der Waals surface area contributed by atoms with E-state index < -0.39 is 17.7 Å². The zero-order chi connectivity index (χ0) is 22.0. The summed E-state index contributed by atoms with van der Waals surface area (Å²) in [7, 11) is 3.08. The zero-order valence-electron chi connectivity index (χ0n) is 18.0. The SMILES string of the molecule is CCCN1C(=O)C(=O)/C(=C(/O)c2cc(C)cc(C)c2OC)C1c1cccc(OC)c1. The second-order valence-electron chi connectivity index (χ2n) is 7.43. The third-order valence-electron chi connectivity index (χ3n) is 5.29. The molecule has 158 valence electrons. The number of rotatable bonds is 6. The van der Waals surface area contributed by atoms with Crippen molar-refractivity contribution in [2.45, 2.75) is 33.2 Å². The number of hydrogen-bond acceptors (Lipinski definition) is 5. The molecule has 2 aromatic rings. The molecule has 1 N–H and O–H groups in total. The van der Waals surface area contributed by atoms with Crippen LogP contribution >= 0.6 is 0 Å². The standard InChI is InChI=1S/C24H27NO5/c1-6-10-25-20(16-8-7-9-17(13-16)29-4)19(22(27)24(25)28)21(26)18-12-14(2)11-15(3)23(18)30-5/h7-9,11-13,20,26H,6,10H2,1-5H3/b21-19+. The summed E-state index contributed by atoms with van der Waals surface area (Å²) in [6, 6.07) is 10.2. The lowest BCUT2D eigenvalue weighted by atomic mass is 9.93. The summed E-state index contributed by atoms with van der Waals surface area (Å²) in [6.45, 7) is 6.11. The molecule has 2 aromatic carbocycles. The predicted molar refractivity (Wildman–Crippen MR) is 115 cm³/mol. The van der Waals surface area contributed by atoms with Gasteiger partial charge in [-0.2, -0.15) is 0 Å². The van der Waals surface area contributed by atoms with Crippen molar-refractivity contribution in [3.63, 3.8) is 0 Å². The van der Waals surface area contributed by atoms with Crippen LogP contribution in [0.2, 0.25) is 0 Å². The maximum atomic E-state index is 13.0. The van der Waals surface area contributed by atoms with Gasteiger partial charge < -0.3 is 19.5 Å². The average molecular weight is 409 g/mol. The van der Waals surface area contributed by atoms with E-state index in [0.717, 1.165) is 11.1 Å². The van der Waals surface area contributed by atoms with Crippen molar-refractivity contribution in [3.05, 3.63) is 64.2 Å².